The first kappa shape index (κ1) is 23.7. The van der Waals surface area contributed by atoms with Gasteiger partial charge >= 0.3 is 6.09 Å². The van der Waals surface area contributed by atoms with E-state index in [-0.39, 0.29) is 6.09 Å². The highest BCUT2D eigenvalue weighted by molar-refractivity contribution is 5.79. The number of aromatic nitrogens is 2. The van der Waals surface area contributed by atoms with E-state index in [1.165, 1.54) is 0 Å². The molecule has 168 valence electrons. The molecule has 1 amide bonds. The first-order chi connectivity index (χ1) is 14.4. The van der Waals surface area contributed by atoms with Gasteiger partial charge in [-0.1, -0.05) is 0 Å². The summed E-state index contributed by atoms with van der Waals surface area (Å²) in [5, 5.41) is 9.35. The molecule has 0 atom stereocenters. The number of ether oxygens (including phenoxy) is 1. The maximum absolute atomic E-state index is 11.6. The molecule has 0 unspecified atom stereocenters. The van der Waals surface area contributed by atoms with Crippen LogP contribution in [-0.4, -0.2) is 91.9 Å². The van der Waals surface area contributed by atoms with Crippen molar-refractivity contribution in [2.45, 2.75) is 32.8 Å². The zero-order chi connectivity index (χ0) is 21.8. The minimum absolute atomic E-state index is 0.385. The van der Waals surface area contributed by atoms with Crippen molar-refractivity contribution in [1.29, 1.82) is 0 Å². The van der Waals surface area contributed by atoms with E-state index in [4.69, 9.17) is 4.74 Å². The molecule has 1 aliphatic heterocycles. The van der Waals surface area contributed by atoms with Gasteiger partial charge in [-0.25, -0.2) is 14.8 Å². The van der Waals surface area contributed by atoms with Crippen LogP contribution in [0.3, 0.4) is 0 Å². The lowest BCUT2D eigenvalue weighted by atomic mass is 10.2. The van der Waals surface area contributed by atoms with Gasteiger partial charge in [-0.15, -0.1) is 0 Å². The molecule has 1 aliphatic rings. The number of nitrogens with zero attached hydrogens (tertiary/aromatic N) is 5. The average Bonchev–Trinajstić information content (AvgIpc) is 2.72. The molecule has 10 heteroatoms. The number of amides is 1. The molecule has 2 rings (SSSR count). The maximum Gasteiger partial charge on any atom is 0.407 e. The number of aliphatic imine (C=N–C) groups is 1. The molecule has 1 aromatic rings. The molecule has 0 radical (unpaired) electrons. The first-order valence-corrected chi connectivity index (χ1v) is 10.5. The van der Waals surface area contributed by atoms with Gasteiger partial charge in [0.1, 0.15) is 5.60 Å². The second kappa shape index (κ2) is 12.2. The van der Waals surface area contributed by atoms with Gasteiger partial charge in [-0.3, -0.25) is 9.89 Å². The van der Waals surface area contributed by atoms with Gasteiger partial charge in [-0.05, 0) is 33.3 Å². The Labute approximate surface area is 179 Å². The van der Waals surface area contributed by atoms with Crippen LogP contribution in [0.25, 0.3) is 0 Å². The molecular weight excluding hydrogens is 384 g/mol. The van der Waals surface area contributed by atoms with Crippen molar-refractivity contribution in [3.8, 4) is 0 Å². The number of guanidine groups is 1. The summed E-state index contributed by atoms with van der Waals surface area (Å²) >= 11 is 0. The second-order valence-electron chi connectivity index (χ2n) is 8.09. The standard InChI is InChI=1S/C20H36N8O2/c1-20(2,3)30-19(29)26-10-5-7-22-17(21-4)23-11-12-27-13-15-28(16-14-27)18-24-8-6-9-25-18/h6,8-9H,5,7,10-16H2,1-4H3,(H,26,29)(H2,21,22,23). The monoisotopic (exact) mass is 420 g/mol. The van der Waals surface area contributed by atoms with Gasteiger partial charge in [0.2, 0.25) is 5.95 Å². The molecular formula is C20H36N8O2. The van der Waals surface area contributed by atoms with Crippen LogP contribution in [-0.2, 0) is 4.74 Å². The molecule has 0 aliphatic carbocycles. The van der Waals surface area contributed by atoms with E-state index < -0.39 is 5.60 Å². The fourth-order valence-corrected chi connectivity index (χ4v) is 2.98. The SMILES string of the molecule is CN=C(NCCCNC(=O)OC(C)(C)C)NCCN1CCN(c2ncccn2)CC1. The van der Waals surface area contributed by atoms with Crippen LogP contribution in [0.4, 0.5) is 10.7 Å². The van der Waals surface area contributed by atoms with E-state index in [0.29, 0.717) is 13.1 Å². The van der Waals surface area contributed by atoms with Crippen LogP contribution in [0.1, 0.15) is 27.2 Å². The summed E-state index contributed by atoms with van der Waals surface area (Å²) < 4.78 is 5.21. The number of nitrogens with one attached hydrogen (secondary N) is 3. The Morgan fingerprint density at radius 1 is 1.07 bits per heavy atom. The Balaban J connectivity index is 1.53. The third-order valence-corrected chi connectivity index (χ3v) is 4.47. The number of alkyl carbamates (subject to hydrolysis) is 1. The normalized spacial score (nSPS) is 15.6. The first-order valence-electron chi connectivity index (χ1n) is 10.5. The molecule has 1 saturated heterocycles. The van der Waals surface area contributed by atoms with Crippen LogP contribution in [0.2, 0.25) is 0 Å². The topological polar surface area (TPSA) is 107 Å². The van der Waals surface area contributed by atoms with Crippen molar-refractivity contribution >= 4 is 18.0 Å². The Bertz CT molecular complexity index is 655. The van der Waals surface area contributed by atoms with E-state index in [1.54, 1.807) is 19.4 Å². The molecule has 0 bridgehead atoms. The van der Waals surface area contributed by atoms with Crippen molar-refractivity contribution in [2.75, 3.05) is 64.3 Å². The molecule has 10 nitrogen and oxygen atoms in total. The van der Waals surface area contributed by atoms with E-state index in [2.05, 4.69) is 40.7 Å². The van der Waals surface area contributed by atoms with Crippen LogP contribution < -0.4 is 20.9 Å². The molecule has 1 aromatic heterocycles. The van der Waals surface area contributed by atoms with Gasteiger partial charge in [0.05, 0.1) is 0 Å². The summed E-state index contributed by atoms with van der Waals surface area (Å²) in [5.41, 5.74) is -0.476. The Kier molecular flexibility index (Phi) is 9.59. The molecule has 1 fully saturated rings. The van der Waals surface area contributed by atoms with E-state index >= 15 is 0 Å². The zero-order valence-electron chi connectivity index (χ0n) is 18.6. The van der Waals surface area contributed by atoms with Crippen molar-refractivity contribution in [2.24, 2.45) is 4.99 Å². The molecule has 2 heterocycles. The Hall–Kier alpha value is -2.62. The quantitative estimate of drug-likeness (QED) is 0.320. The third kappa shape index (κ3) is 9.25. The van der Waals surface area contributed by atoms with Crippen LogP contribution in [0.5, 0.6) is 0 Å². The van der Waals surface area contributed by atoms with Crippen LogP contribution in [0.15, 0.2) is 23.5 Å². The lowest BCUT2D eigenvalue weighted by Crippen LogP contribution is -2.49. The average molecular weight is 421 g/mol. The van der Waals surface area contributed by atoms with Gasteiger partial charge < -0.3 is 25.6 Å². The van der Waals surface area contributed by atoms with Crippen molar-refractivity contribution in [1.82, 2.24) is 30.8 Å². The summed E-state index contributed by atoms with van der Waals surface area (Å²) in [4.78, 5) is 29.1. The van der Waals surface area contributed by atoms with E-state index in [0.717, 1.165) is 57.6 Å². The van der Waals surface area contributed by atoms with Gasteiger partial charge in [0.25, 0.3) is 0 Å². The number of carbonyl (C=O) groups excluding carboxylic acids is 1. The lowest BCUT2D eigenvalue weighted by Gasteiger charge is -2.34. The fourth-order valence-electron chi connectivity index (χ4n) is 2.98. The summed E-state index contributed by atoms with van der Waals surface area (Å²) in [7, 11) is 1.76. The van der Waals surface area contributed by atoms with Crippen LogP contribution in [0, 0.1) is 0 Å². The Morgan fingerprint density at radius 3 is 2.33 bits per heavy atom. The number of carbonyl (C=O) groups is 1. The van der Waals surface area contributed by atoms with Gasteiger partial charge in [0, 0.05) is 71.8 Å². The summed E-state index contributed by atoms with van der Waals surface area (Å²) in [6.07, 6.45) is 3.96. The number of rotatable bonds is 8. The molecule has 0 saturated carbocycles. The van der Waals surface area contributed by atoms with Crippen molar-refractivity contribution in [3.05, 3.63) is 18.5 Å². The summed E-state index contributed by atoms with van der Waals surface area (Å²) in [6, 6.07) is 1.84. The smallest absolute Gasteiger partial charge is 0.407 e. The van der Waals surface area contributed by atoms with Gasteiger partial charge in [0.15, 0.2) is 5.96 Å². The molecule has 3 N–H and O–H groups in total. The maximum atomic E-state index is 11.6. The third-order valence-electron chi connectivity index (χ3n) is 4.47. The fraction of sp³-hybridized carbons (Fsp3) is 0.700. The number of hydrogen-bond donors (Lipinski definition) is 3. The minimum Gasteiger partial charge on any atom is -0.444 e. The van der Waals surface area contributed by atoms with Crippen LogP contribution >= 0.6 is 0 Å². The largest absolute Gasteiger partial charge is 0.444 e. The van der Waals surface area contributed by atoms with Gasteiger partial charge in [-0.2, -0.15) is 0 Å². The highest BCUT2D eigenvalue weighted by Gasteiger charge is 2.18. The predicted octanol–water partition coefficient (Wildman–Crippen LogP) is 0.678. The highest BCUT2D eigenvalue weighted by Crippen LogP contribution is 2.09. The minimum atomic E-state index is -0.476. The van der Waals surface area contributed by atoms with E-state index in [1.807, 2.05) is 26.8 Å². The summed E-state index contributed by atoms with van der Waals surface area (Å²) in [6.45, 7) is 12.4. The van der Waals surface area contributed by atoms with Crippen molar-refractivity contribution < 1.29 is 9.53 Å². The zero-order valence-corrected chi connectivity index (χ0v) is 18.6. The lowest BCUT2D eigenvalue weighted by molar-refractivity contribution is 0.0527. The number of anilines is 1. The molecule has 30 heavy (non-hydrogen) atoms. The molecule has 0 spiro atoms. The highest BCUT2D eigenvalue weighted by atomic mass is 16.6. The second-order valence-corrected chi connectivity index (χ2v) is 8.09. The summed E-state index contributed by atoms with van der Waals surface area (Å²) in [5.74, 6) is 1.57. The van der Waals surface area contributed by atoms with E-state index in [9.17, 15) is 4.79 Å². The molecule has 0 aromatic carbocycles. The predicted molar refractivity (Wildman–Crippen MR) is 119 cm³/mol. The van der Waals surface area contributed by atoms with Crippen molar-refractivity contribution in [3.63, 3.8) is 0 Å². The number of piperazine rings is 1. The number of hydrogen-bond acceptors (Lipinski definition) is 7. The Morgan fingerprint density at radius 2 is 1.70 bits per heavy atom.